The Hall–Kier alpha value is -2.57. The van der Waals surface area contributed by atoms with Crippen molar-refractivity contribution in [2.45, 2.75) is 39.2 Å². The van der Waals surface area contributed by atoms with Gasteiger partial charge in [-0.2, -0.15) is 5.11 Å². The molecule has 1 saturated heterocycles. The lowest BCUT2D eigenvalue weighted by Crippen LogP contribution is -2.52. The number of rotatable bonds is 5. The molecule has 122 valence electrons. The first-order valence-electron chi connectivity index (χ1n) is 7.56. The van der Waals surface area contributed by atoms with Crippen LogP contribution in [0.2, 0.25) is 0 Å². The quantitative estimate of drug-likeness (QED) is 0.571. The van der Waals surface area contributed by atoms with Gasteiger partial charge in [0.1, 0.15) is 11.7 Å². The summed E-state index contributed by atoms with van der Waals surface area (Å²) >= 11 is 0. The second-order valence-corrected chi connectivity index (χ2v) is 6.00. The Bertz CT molecular complexity index is 655. The second kappa shape index (κ2) is 7.13. The Morgan fingerprint density at radius 1 is 1.43 bits per heavy atom. The zero-order valence-electron chi connectivity index (χ0n) is 13.2. The smallest absolute Gasteiger partial charge is 0.254 e. The van der Waals surface area contributed by atoms with E-state index < -0.39 is 17.9 Å². The maximum absolute atomic E-state index is 12.4. The molecule has 23 heavy (non-hydrogen) atoms. The topological polar surface area (TPSA) is 111 Å². The van der Waals surface area contributed by atoms with Crippen LogP contribution in [-0.2, 0) is 16.0 Å². The number of hydrogen-bond donors (Lipinski definition) is 3. The largest absolute Gasteiger partial charge is 0.340 e. The molecule has 1 aliphatic rings. The Kier molecular flexibility index (Phi) is 5.20. The number of imide groups is 1. The number of hydrogen-bond acceptors (Lipinski definition) is 5. The summed E-state index contributed by atoms with van der Waals surface area (Å²) < 4.78 is 0. The number of nitrogens with one attached hydrogen (secondary N) is 3. The molecule has 1 aromatic rings. The summed E-state index contributed by atoms with van der Waals surface area (Å²) in [4.78, 5) is 35.3. The zero-order valence-corrected chi connectivity index (χ0v) is 13.2. The number of amides is 3. The number of carbonyl (C=O) groups excluding carboxylic acids is 3. The van der Waals surface area contributed by atoms with E-state index in [1.807, 2.05) is 19.9 Å². The fourth-order valence-corrected chi connectivity index (χ4v) is 2.58. The molecule has 3 N–H and O–H groups in total. The van der Waals surface area contributed by atoms with E-state index >= 15 is 0 Å². The molecule has 1 fully saturated rings. The van der Waals surface area contributed by atoms with E-state index in [9.17, 15) is 14.4 Å². The van der Waals surface area contributed by atoms with Crippen molar-refractivity contribution in [2.24, 2.45) is 11.0 Å². The van der Waals surface area contributed by atoms with Crippen LogP contribution in [0.3, 0.4) is 0 Å². The minimum atomic E-state index is -0.743. The minimum absolute atomic E-state index is 0.194. The van der Waals surface area contributed by atoms with Crippen molar-refractivity contribution >= 4 is 23.4 Å². The molecule has 3 amide bonds. The van der Waals surface area contributed by atoms with Crippen LogP contribution in [-0.4, -0.2) is 23.8 Å². The minimum Gasteiger partial charge on any atom is -0.340 e. The first kappa shape index (κ1) is 16.8. The van der Waals surface area contributed by atoms with Crippen LogP contribution in [0.15, 0.2) is 23.3 Å². The maximum Gasteiger partial charge on any atom is 0.254 e. The molecule has 0 aromatic heterocycles. The number of nitrogens with zero attached hydrogens (tertiary/aromatic N) is 1. The molecule has 7 heteroatoms. The molecule has 0 bridgehead atoms. The summed E-state index contributed by atoms with van der Waals surface area (Å²) in [7, 11) is 0. The van der Waals surface area contributed by atoms with Crippen LogP contribution in [0, 0.1) is 11.4 Å². The SMILES string of the molecule is CC(C)Cc1cccc(C(=O)NC2CCC(=O)NC2=O)c1N=N. The Labute approximate surface area is 134 Å². The van der Waals surface area contributed by atoms with Gasteiger partial charge < -0.3 is 5.32 Å². The highest BCUT2D eigenvalue weighted by atomic mass is 16.2. The molecule has 0 radical (unpaired) electrons. The molecule has 1 aliphatic heterocycles. The third-order valence-corrected chi connectivity index (χ3v) is 3.65. The highest BCUT2D eigenvalue weighted by Gasteiger charge is 2.28. The molecular formula is C16H20N4O3. The van der Waals surface area contributed by atoms with Gasteiger partial charge in [-0.3, -0.25) is 19.7 Å². The molecular weight excluding hydrogens is 296 g/mol. The van der Waals surface area contributed by atoms with Crippen molar-refractivity contribution in [3.8, 4) is 0 Å². The summed E-state index contributed by atoms with van der Waals surface area (Å²) in [5, 5.41) is 8.32. The van der Waals surface area contributed by atoms with Crippen LogP contribution in [0.1, 0.15) is 42.6 Å². The van der Waals surface area contributed by atoms with E-state index in [-0.39, 0.29) is 24.3 Å². The highest BCUT2D eigenvalue weighted by Crippen LogP contribution is 2.27. The molecule has 1 aromatic carbocycles. The molecule has 2 rings (SSSR count). The van der Waals surface area contributed by atoms with Crippen LogP contribution in [0.5, 0.6) is 0 Å². The summed E-state index contributed by atoms with van der Waals surface area (Å²) in [6.07, 6.45) is 1.17. The Morgan fingerprint density at radius 2 is 2.17 bits per heavy atom. The van der Waals surface area contributed by atoms with Gasteiger partial charge in [0.2, 0.25) is 11.8 Å². The lowest BCUT2D eigenvalue weighted by molar-refractivity contribution is -0.134. The van der Waals surface area contributed by atoms with Crippen molar-refractivity contribution in [1.29, 1.82) is 5.53 Å². The van der Waals surface area contributed by atoms with Crippen molar-refractivity contribution < 1.29 is 14.4 Å². The fraction of sp³-hybridized carbons (Fsp3) is 0.438. The molecule has 1 unspecified atom stereocenters. The van der Waals surface area contributed by atoms with Gasteiger partial charge in [0.25, 0.3) is 5.91 Å². The van der Waals surface area contributed by atoms with Gasteiger partial charge in [0.05, 0.1) is 5.56 Å². The molecule has 0 aliphatic carbocycles. The van der Waals surface area contributed by atoms with Crippen molar-refractivity contribution in [3.05, 3.63) is 29.3 Å². The first-order valence-corrected chi connectivity index (χ1v) is 7.56. The number of para-hydroxylation sites is 1. The molecule has 1 atom stereocenters. The summed E-state index contributed by atoms with van der Waals surface area (Å²) in [5.74, 6) is -0.932. The lowest BCUT2D eigenvalue weighted by Gasteiger charge is -2.22. The monoisotopic (exact) mass is 316 g/mol. The van der Waals surface area contributed by atoms with Crippen molar-refractivity contribution in [3.63, 3.8) is 0 Å². The predicted molar refractivity (Wildman–Crippen MR) is 83.4 cm³/mol. The van der Waals surface area contributed by atoms with Gasteiger partial charge >= 0.3 is 0 Å². The average Bonchev–Trinajstić information content (AvgIpc) is 2.49. The maximum atomic E-state index is 12.4. The van der Waals surface area contributed by atoms with Gasteiger partial charge in [-0.25, -0.2) is 5.53 Å². The van der Waals surface area contributed by atoms with E-state index in [2.05, 4.69) is 15.7 Å². The van der Waals surface area contributed by atoms with Gasteiger partial charge in [-0.15, -0.1) is 0 Å². The van der Waals surface area contributed by atoms with Crippen LogP contribution < -0.4 is 10.6 Å². The lowest BCUT2D eigenvalue weighted by atomic mass is 9.98. The molecule has 7 nitrogen and oxygen atoms in total. The van der Waals surface area contributed by atoms with Crippen molar-refractivity contribution in [2.75, 3.05) is 0 Å². The summed E-state index contributed by atoms with van der Waals surface area (Å²) in [6.45, 7) is 4.09. The predicted octanol–water partition coefficient (Wildman–Crippen LogP) is 2.08. The summed E-state index contributed by atoms with van der Waals surface area (Å²) in [6, 6.07) is 4.42. The van der Waals surface area contributed by atoms with Crippen molar-refractivity contribution in [1.82, 2.24) is 10.6 Å². The molecule has 0 saturated carbocycles. The zero-order chi connectivity index (χ0) is 17.0. The van der Waals surface area contributed by atoms with Crippen LogP contribution in [0.4, 0.5) is 5.69 Å². The molecule has 0 spiro atoms. The highest BCUT2D eigenvalue weighted by molar-refractivity contribution is 6.05. The van der Waals surface area contributed by atoms with Gasteiger partial charge in [-0.05, 0) is 30.4 Å². The normalized spacial score (nSPS) is 17.8. The number of piperidine rings is 1. The standard InChI is InChI=1S/C16H20N4O3/c1-9(2)8-10-4-3-5-11(14(10)20-17)15(22)18-12-6-7-13(21)19-16(12)23/h3-5,9,12,17H,6-8H2,1-2H3,(H,18,22)(H,19,21,23). The number of benzene rings is 1. The van der Waals surface area contributed by atoms with E-state index in [1.165, 1.54) is 0 Å². The summed E-state index contributed by atoms with van der Waals surface area (Å²) in [5.41, 5.74) is 8.79. The van der Waals surface area contributed by atoms with Crippen LogP contribution >= 0.6 is 0 Å². The average molecular weight is 316 g/mol. The third kappa shape index (κ3) is 4.00. The van der Waals surface area contributed by atoms with E-state index in [0.29, 0.717) is 18.0 Å². The van der Waals surface area contributed by atoms with Gasteiger partial charge in [0.15, 0.2) is 0 Å². The van der Waals surface area contributed by atoms with Crippen LogP contribution in [0.25, 0.3) is 0 Å². The van der Waals surface area contributed by atoms with E-state index in [4.69, 9.17) is 5.53 Å². The second-order valence-electron chi connectivity index (χ2n) is 6.00. The fourth-order valence-electron chi connectivity index (χ4n) is 2.58. The number of carbonyl (C=O) groups is 3. The first-order chi connectivity index (χ1) is 10.9. The Balaban J connectivity index is 2.20. The van der Waals surface area contributed by atoms with E-state index in [1.54, 1.807) is 12.1 Å². The van der Waals surface area contributed by atoms with Gasteiger partial charge in [0, 0.05) is 6.42 Å². The Morgan fingerprint density at radius 3 is 2.78 bits per heavy atom. The van der Waals surface area contributed by atoms with Gasteiger partial charge in [-0.1, -0.05) is 26.0 Å². The molecule has 1 heterocycles. The van der Waals surface area contributed by atoms with E-state index in [0.717, 1.165) is 5.56 Å². The third-order valence-electron chi connectivity index (χ3n) is 3.65.